The first kappa shape index (κ1) is 30.3. The lowest BCUT2D eigenvalue weighted by atomic mass is 10.0. The molecule has 4 atom stereocenters. The Kier molecular flexibility index (Phi) is 20.7. The highest BCUT2D eigenvalue weighted by Gasteiger charge is 2.24. The lowest BCUT2D eigenvalue weighted by Gasteiger charge is -2.25. The molecule has 31 heavy (non-hydrogen) atoms. The molecule has 0 bridgehead atoms. The van der Waals surface area contributed by atoms with E-state index in [2.05, 4.69) is 17.6 Å². The molecule has 4 unspecified atom stereocenters. The number of carbonyl (C=O) groups is 1. The number of hydrogen-bond donors (Lipinski definition) is 5. The van der Waals surface area contributed by atoms with E-state index in [1.165, 1.54) is 96.8 Å². The van der Waals surface area contributed by atoms with Crippen LogP contribution in [0.5, 0.6) is 0 Å². The summed E-state index contributed by atoms with van der Waals surface area (Å²) in [7, 11) is 0. The van der Waals surface area contributed by atoms with Gasteiger partial charge in [0.25, 0.3) is 0 Å². The minimum absolute atomic E-state index is 0.229. The monoisotopic (exact) mass is 444 g/mol. The molecule has 0 aromatic rings. The Labute approximate surface area is 191 Å². The second-order valence-electron chi connectivity index (χ2n) is 9.22. The third-order valence-electron chi connectivity index (χ3n) is 6.08. The van der Waals surface area contributed by atoms with Gasteiger partial charge < -0.3 is 26.0 Å². The Morgan fingerprint density at radius 2 is 1.10 bits per heavy atom. The van der Waals surface area contributed by atoms with Gasteiger partial charge in [0, 0.05) is 12.6 Å². The maximum atomic E-state index is 11.1. The molecule has 6 nitrogen and oxygen atoms in total. The van der Waals surface area contributed by atoms with Crippen molar-refractivity contribution in [3.63, 3.8) is 0 Å². The molecule has 5 N–H and O–H groups in total. The fourth-order valence-electron chi connectivity index (χ4n) is 3.92. The van der Waals surface area contributed by atoms with Crippen LogP contribution in [0.25, 0.3) is 0 Å². The first-order valence-corrected chi connectivity index (χ1v) is 13.0. The number of rotatable bonds is 23. The Balaban J connectivity index is 3.57. The quantitative estimate of drug-likeness (QED) is 0.147. The molecule has 0 radical (unpaired) electrons. The van der Waals surface area contributed by atoms with Crippen molar-refractivity contribution in [3.8, 4) is 0 Å². The number of aliphatic hydroxyl groups excluding tert-OH is 2. The summed E-state index contributed by atoms with van der Waals surface area (Å²) in [5.41, 5.74) is 0. The summed E-state index contributed by atoms with van der Waals surface area (Å²) in [6.45, 7) is 6.53. The molecule has 186 valence electrons. The standard InChI is InChI=1S/C25H52N2O4/c1-4-5-6-7-8-9-10-11-12-13-14-15-16-17-18-19-26-23(21(2)28)20-27-24(22(3)29)25(30)31/h21-24,26-29H,4-20H2,1-3H3,(H,30,31). The van der Waals surface area contributed by atoms with Crippen LogP contribution in [0.15, 0.2) is 0 Å². The number of carboxylic acids is 1. The first-order valence-electron chi connectivity index (χ1n) is 13.0. The van der Waals surface area contributed by atoms with E-state index in [9.17, 15) is 15.0 Å². The molecule has 0 aliphatic carbocycles. The first-order chi connectivity index (χ1) is 14.9. The van der Waals surface area contributed by atoms with Crippen LogP contribution in [0.3, 0.4) is 0 Å². The molecule has 0 heterocycles. The highest BCUT2D eigenvalue weighted by molar-refractivity contribution is 5.74. The Morgan fingerprint density at radius 1 is 0.677 bits per heavy atom. The molecule has 0 spiro atoms. The zero-order valence-corrected chi connectivity index (χ0v) is 20.6. The smallest absolute Gasteiger partial charge is 0.323 e. The molecule has 0 saturated carbocycles. The van der Waals surface area contributed by atoms with Crippen LogP contribution in [0.1, 0.15) is 117 Å². The SMILES string of the molecule is CCCCCCCCCCCCCCCCCNC(CNC(C(=O)O)C(C)O)C(C)O. The Bertz CT molecular complexity index is 405. The summed E-state index contributed by atoms with van der Waals surface area (Å²) in [6, 6.07) is -1.25. The molecule has 6 heteroatoms. The number of hydrogen-bond acceptors (Lipinski definition) is 5. The minimum atomic E-state index is -1.08. The predicted octanol–water partition coefficient (Wildman–Crippen LogP) is 4.62. The zero-order chi connectivity index (χ0) is 23.3. The maximum Gasteiger partial charge on any atom is 0.323 e. The topological polar surface area (TPSA) is 102 Å². The van der Waals surface area contributed by atoms with Crippen LogP contribution in [-0.4, -0.2) is 58.7 Å². The third kappa shape index (κ3) is 18.6. The second-order valence-corrected chi connectivity index (χ2v) is 9.22. The van der Waals surface area contributed by atoms with Gasteiger partial charge in [0.1, 0.15) is 6.04 Å². The zero-order valence-electron chi connectivity index (χ0n) is 20.6. The molecule has 0 aromatic heterocycles. The van der Waals surface area contributed by atoms with Crippen LogP contribution in [-0.2, 0) is 4.79 Å². The summed E-state index contributed by atoms with van der Waals surface area (Å²) < 4.78 is 0. The van der Waals surface area contributed by atoms with Crippen LogP contribution in [0.2, 0.25) is 0 Å². The van der Waals surface area contributed by atoms with E-state index >= 15 is 0 Å². The number of unbranched alkanes of at least 4 members (excludes halogenated alkanes) is 14. The molecule has 0 fully saturated rings. The molecule has 0 aromatic carbocycles. The Hall–Kier alpha value is -0.690. The van der Waals surface area contributed by atoms with E-state index in [1.54, 1.807) is 6.92 Å². The van der Waals surface area contributed by atoms with Crippen molar-refractivity contribution >= 4 is 5.97 Å². The molecular formula is C25H52N2O4. The summed E-state index contributed by atoms with van der Waals surface area (Å²) in [4.78, 5) is 11.1. The second kappa shape index (κ2) is 21.2. The number of nitrogens with one attached hydrogen (secondary N) is 2. The molecule has 0 rings (SSSR count). The van der Waals surface area contributed by atoms with Crippen molar-refractivity contribution in [1.29, 1.82) is 0 Å². The van der Waals surface area contributed by atoms with Gasteiger partial charge in [-0.15, -0.1) is 0 Å². The van der Waals surface area contributed by atoms with E-state index in [4.69, 9.17) is 5.11 Å². The molecule has 0 amide bonds. The molecule has 0 aliphatic heterocycles. The minimum Gasteiger partial charge on any atom is -0.480 e. The summed E-state index contributed by atoms with van der Waals surface area (Å²) in [5, 5.41) is 34.7. The van der Waals surface area contributed by atoms with E-state index < -0.39 is 24.2 Å². The van der Waals surface area contributed by atoms with Crippen LogP contribution < -0.4 is 10.6 Å². The highest BCUT2D eigenvalue weighted by Crippen LogP contribution is 2.13. The average Bonchev–Trinajstić information content (AvgIpc) is 2.71. The van der Waals surface area contributed by atoms with Gasteiger partial charge >= 0.3 is 5.97 Å². The van der Waals surface area contributed by atoms with E-state index in [-0.39, 0.29) is 6.04 Å². The van der Waals surface area contributed by atoms with Gasteiger partial charge in [0.05, 0.1) is 12.2 Å². The van der Waals surface area contributed by atoms with Gasteiger partial charge in [-0.2, -0.15) is 0 Å². The van der Waals surface area contributed by atoms with Crippen molar-refractivity contribution in [3.05, 3.63) is 0 Å². The molecular weight excluding hydrogens is 392 g/mol. The van der Waals surface area contributed by atoms with Gasteiger partial charge in [-0.1, -0.05) is 96.8 Å². The van der Waals surface area contributed by atoms with Crippen LogP contribution in [0.4, 0.5) is 0 Å². The van der Waals surface area contributed by atoms with Crippen molar-refractivity contribution in [1.82, 2.24) is 10.6 Å². The van der Waals surface area contributed by atoms with Gasteiger partial charge in [-0.05, 0) is 26.8 Å². The largest absolute Gasteiger partial charge is 0.480 e. The lowest BCUT2D eigenvalue weighted by molar-refractivity contribution is -0.142. The van der Waals surface area contributed by atoms with Gasteiger partial charge in [0.2, 0.25) is 0 Å². The van der Waals surface area contributed by atoms with Gasteiger partial charge in [-0.3, -0.25) is 4.79 Å². The van der Waals surface area contributed by atoms with E-state index in [0.29, 0.717) is 6.54 Å². The summed E-state index contributed by atoms with van der Waals surface area (Å²) in [6.07, 6.45) is 18.5. The Morgan fingerprint density at radius 3 is 1.45 bits per heavy atom. The molecule has 0 aliphatic rings. The molecule has 0 saturated heterocycles. The summed E-state index contributed by atoms with van der Waals surface area (Å²) >= 11 is 0. The number of aliphatic hydroxyl groups is 2. The predicted molar refractivity (Wildman–Crippen MR) is 130 cm³/mol. The van der Waals surface area contributed by atoms with Gasteiger partial charge in [-0.25, -0.2) is 0 Å². The van der Waals surface area contributed by atoms with Crippen LogP contribution in [0, 0.1) is 0 Å². The van der Waals surface area contributed by atoms with E-state index in [1.807, 2.05) is 0 Å². The van der Waals surface area contributed by atoms with Crippen LogP contribution >= 0.6 is 0 Å². The highest BCUT2D eigenvalue weighted by atomic mass is 16.4. The number of aliphatic carboxylic acids is 1. The summed E-state index contributed by atoms with van der Waals surface area (Å²) in [5.74, 6) is -1.08. The third-order valence-corrected chi connectivity index (χ3v) is 6.08. The van der Waals surface area contributed by atoms with Gasteiger partial charge in [0.15, 0.2) is 0 Å². The normalized spacial score (nSPS) is 15.5. The van der Waals surface area contributed by atoms with Crippen molar-refractivity contribution < 1.29 is 20.1 Å². The fourth-order valence-corrected chi connectivity index (χ4v) is 3.92. The fraction of sp³-hybridized carbons (Fsp3) is 0.960. The van der Waals surface area contributed by atoms with Crippen molar-refractivity contribution in [2.75, 3.05) is 13.1 Å². The van der Waals surface area contributed by atoms with E-state index in [0.717, 1.165) is 13.0 Å². The average molecular weight is 445 g/mol. The lowest BCUT2D eigenvalue weighted by Crippen LogP contribution is -2.53. The van der Waals surface area contributed by atoms with Crippen molar-refractivity contribution in [2.24, 2.45) is 0 Å². The number of carboxylic acid groups (broad SMARTS) is 1. The maximum absolute atomic E-state index is 11.1. The van der Waals surface area contributed by atoms with Crippen molar-refractivity contribution in [2.45, 2.75) is 141 Å².